The summed E-state index contributed by atoms with van der Waals surface area (Å²) in [5.74, 6) is 0.490. The molecule has 0 bridgehead atoms. The van der Waals surface area contributed by atoms with Gasteiger partial charge in [0.15, 0.2) is 5.78 Å². The van der Waals surface area contributed by atoms with Gasteiger partial charge in [-0.15, -0.1) is 0 Å². The maximum absolute atomic E-state index is 12.5. The molecule has 1 aliphatic carbocycles. The number of nitrogens with one attached hydrogen (secondary N) is 1. The summed E-state index contributed by atoms with van der Waals surface area (Å²) in [5.41, 5.74) is 3.31. The van der Waals surface area contributed by atoms with E-state index in [1.165, 1.54) is 75.3 Å². The fourth-order valence-electron chi connectivity index (χ4n) is 4.50. The molecule has 1 aromatic carbocycles. The van der Waals surface area contributed by atoms with Crippen molar-refractivity contribution >= 4 is 11.7 Å². The molecule has 0 heterocycles. The van der Waals surface area contributed by atoms with E-state index in [-0.39, 0.29) is 17.6 Å². The molecule has 0 spiro atoms. The first-order valence-corrected chi connectivity index (χ1v) is 12.6. The molecule has 168 valence electrons. The zero-order chi connectivity index (χ0) is 21.6. The standard InChI is InChI=1S/C27H43NO2/c1-3-5-6-7-8-9-10-11-12-13-14-19-28-27(30)25-18-16-22-20-24(26(29)4-2)17-15-23(22)21-25/h15,17,20,25H,3-14,16,18-19,21H2,1-2H3,(H,28,30). The Kier molecular flexibility index (Phi) is 11.8. The van der Waals surface area contributed by atoms with Crippen LogP contribution >= 0.6 is 0 Å². The van der Waals surface area contributed by atoms with Crippen LogP contribution in [0.5, 0.6) is 0 Å². The molecule has 0 aliphatic heterocycles. The van der Waals surface area contributed by atoms with Gasteiger partial charge in [-0.2, -0.15) is 0 Å². The number of Topliss-reactive ketones (excluding diaryl/α,β-unsaturated/α-hetero) is 1. The summed E-state index contributed by atoms with van der Waals surface area (Å²) in [5, 5.41) is 3.16. The second-order valence-electron chi connectivity index (χ2n) is 9.03. The molecule has 0 radical (unpaired) electrons. The number of carbonyl (C=O) groups excluding carboxylic acids is 2. The summed E-state index contributed by atoms with van der Waals surface area (Å²) in [6, 6.07) is 6.03. The SMILES string of the molecule is CCCCCCCCCCCCCNC(=O)C1CCc2cc(C(=O)CC)ccc2C1. The maximum Gasteiger partial charge on any atom is 0.223 e. The van der Waals surface area contributed by atoms with Crippen molar-refractivity contribution in [3.63, 3.8) is 0 Å². The van der Waals surface area contributed by atoms with Crippen molar-refractivity contribution in [3.8, 4) is 0 Å². The average Bonchev–Trinajstić information content (AvgIpc) is 2.78. The molecule has 1 aliphatic rings. The third kappa shape index (κ3) is 8.62. The summed E-state index contributed by atoms with van der Waals surface area (Å²) >= 11 is 0. The van der Waals surface area contributed by atoms with Gasteiger partial charge in [-0.25, -0.2) is 0 Å². The molecule has 3 heteroatoms. The highest BCUT2D eigenvalue weighted by Gasteiger charge is 2.24. The Morgan fingerprint density at radius 2 is 1.50 bits per heavy atom. The summed E-state index contributed by atoms with van der Waals surface area (Å²) in [6.07, 6.45) is 17.8. The predicted octanol–water partition coefficient (Wildman–Crippen LogP) is 6.81. The van der Waals surface area contributed by atoms with E-state index < -0.39 is 0 Å². The zero-order valence-electron chi connectivity index (χ0n) is 19.4. The van der Waals surface area contributed by atoms with Gasteiger partial charge in [0, 0.05) is 24.4 Å². The molecule has 0 saturated carbocycles. The van der Waals surface area contributed by atoms with E-state index in [2.05, 4.69) is 18.3 Å². The van der Waals surface area contributed by atoms with E-state index in [1.54, 1.807) is 0 Å². The van der Waals surface area contributed by atoms with Crippen LogP contribution in [0.4, 0.5) is 0 Å². The van der Waals surface area contributed by atoms with Crippen molar-refractivity contribution in [1.29, 1.82) is 0 Å². The fourth-order valence-corrected chi connectivity index (χ4v) is 4.50. The van der Waals surface area contributed by atoms with Crippen LogP contribution in [-0.4, -0.2) is 18.2 Å². The lowest BCUT2D eigenvalue weighted by atomic mass is 9.82. The first kappa shape index (κ1) is 24.6. The number of benzene rings is 1. The number of hydrogen-bond donors (Lipinski definition) is 1. The topological polar surface area (TPSA) is 46.2 Å². The van der Waals surface area contributed by atoms with Crippen LogP contribution in [0.25, 0.3) is 0 Å². The summed E-state index contributed by atoms with van der Waals surface area (Å²) < 4.78 is 0. The van der Waals surface area contributed by atoms with Crippen LogP contribution < -0.4 is 5.32 Å². The number of unbranched alkanes of at least 4 members (excludes halogenated alkanes) is 10. The van der Waals surface area contributed by atoms with Crippen molar-refractivity contribution in [1.82, 2.24) is 5.32 Å². The number of amides is 1. The molecular weight excluding hydrogens is 370 g/mol. The highest BCUT2D eigenvalue weighted by molar-refractivity contribution is 5.96. The summed E-state index contributed by atoms with van der Waals surface area (Å²) in [7, 11) is 0. The Labute approximate surface area is 184 Å². The smallest absolute Gasteiger partial charge is 0.223 e. The summed E-state index contributed by atoms with van der Waals surface area (Å²) in [4.78, 5) is 24.4. The van der Waals surface area contributed by atoms with Crippen molar-refractivity contribution in [2.75, 3.05) is 6.54 Å². The number of aryl methyl sites for hydroxylation is 1. The van der Waals surface area contributed by atoms with Gasteiger partial charge in [-0.1, -0.05) is 90.2 Å². The van der Waals surface area contributed by atoms with E-state index in [4.69, 9.17) is 0 Å². The Morgan fingerprint density at radius 1 is 0.867 bits per heavy atom. The van der Waals surface area contributed by atoms with Gasteiger partial charge in [0.2, 0.25) is 5.91 Å². The molecule has 1 unspecified atom stereocenters. The van der Waals surface area contributed by atoms with Crippen LogP contribution in [0, 0.1) is 5.92 Å². The van der Waals surface area contributed by atoms with Gasteiger partial charge in [-0.3, -0.25) is 9.59 Å². The minimum atomic E-state index is 0.0814. The van der Waals surface area contributed by atoms with Crippen molar-refractivity contribution in [2.24, 2.45) is 5.92 Å². The molecule has 3 nitrogen and oxygen atoms in total. The molecular formula is C27H43NO2. The second-order valence-corrected chi connectivity index (χ2v) is 9.03. The molecule has 0 saturated heterocycles. The molecule has 1 aromatic rings. The Balaban J connectivity index is 1.55. The van der Waals surface area contributed by atoms with Crippen molar-refractivity contribution < 1.29 is 9.59 Å². The van der Waals surface area contributed by atoms with Crippen molar-refractivity contribution in [3.05, 3.63) is 34.9 Å². The monoisotopic (exact) mass is 413 g/mol. The number of fused-ring (bicyclic) bond motifs is 1. The molecule has 2 rings (SSSR count). The Morgan fingerprint density at radius 3 is 2.13 bits per heavy atom. The van der Waals surface area contributed by atoms with E-state index in [0.717, 1.165) is 37.8 Å². The lowest BCUT2D eigenvalue weighted by Gasteiger charge is -2.24. The second kappa shape index (κ2) is 14.4. The van der Waals surface area contributed by atoms with Crippen molar-refractivity contribution in [2.45, 2.75) is 110 Å². The minimum absolute atomic E-state index is 0.0814. The third-order valence-corrected chi connectivity index (χ3v) is 6.53. The summed E-state index contributed by atoms with van der Waals surface area (Å²) in [6.45, 7) is 4.98. The van der Waals surface area contributed by atoms with Gasteiger partial charge < -0.3 is 5.32 Å². The highest BCUT2D eigenvalue weighted by atomic mass is 16.1. The number of carbonyl (C=O) groups is 2. The quantitative estimate of drug-likeness (QED) is 0.253. The molecule has 1 N–H and O–H groups in total. The van der Waals surface area contributed by atoms with E-state index in [1.807, 2.05) is 19.1 Å². The first-order chi connectivity index (χ1) is 14.7. The van der Waals surface area contributed by atoms with Gasteiger partial charge in [0.05, 0.1) is 0 Å². The Hall–Kier alpha value is -1.64. The fraction of sp³-hybridized carbons (Fsp3) is 0.704. The molecule has 1 atom stereocenters. The highest BCUT2D eigenvalue weighted by Crippen LogP contribution is 2.27. The van der Waals surface area contributed by atoms with Gasteiger partial charge in [0.25, 0.3) is 0 Å². The largest absolute Gasteiger partial charge is 0.356 e. The van der Waals surface area contributed by atoms with Crippen LogP contribution in [0.15, 0.2) is 18.2 Å². The van der Waals surface area contributed by atoms with Crippen LogP contribution in [0.3, 0.4) is 0 Å². The van der Waals surface area contributed by atoms with Gasteiger partial charge in [0.1, 0.15) is 0 Å². The minimum Gasteiger partial charge on any atom is -0.356 e. The number of rotatable bonds is 15. The van der Waals surface area contributed by atoms with Gasteiger partial charge >= 0.3 is 0 Å². The maximum atomic E-state index is 12.5. The zero-order valence-corrected chi connectivity index (χ0v) is 19.4. The van der Waals surface area contributed by atoms with E-state index >= 15 is 0 Å². The van der Waals surface area contributed by atoms with E-state index in [0.29, 0.717) is 6.42 Å². The average molecular weight is 414 g/mol. The Bertz CT molecular complexity index is 652. The first-order valence-electron chi connectivity index (χ1n) is 12.6. The number of ketones is 1. The lowest BCUT2D eigenvalue weighted by molar-refractivity contribution is -0.125. The third-order valence-electron chi connectivity index (χ3n) is 6.53. The van der Waals surface area contributed by atoms with Crippen LogP contribution in [-0.2, 0) is 17.6 Å². The normalized spacial score (nSPS) is 15.6. The van der Waals surface area contributed by atoms with Crippen LogP contribution in [0.1, 0.15) is 119 Å². The molecule has 0 aromatic heterocycles. The lowest BCUT2D eigenvalue weighted by Crippen LogP contribution is -2.34. The predicted molar refractivity (Wildman–Crippen MR) is 126 cm³/mol. The van der Waals surface area contributed by atoms with E-state index in [9.17, 15) is 9.59 Å². The van der Waals surface area contributed by atoms with Crippen LogP contribution in [0.2, 0.25) is 0 Å². The molecule has 30 heavy (non-hydrogen) atoms. The molecule has 1 amide bonds. The van der Waals surface area contributed by atoms with Gasteiger partial charge in [-0.05, 0) is 42.9 Å². The number of hydrogen-bond acceptors (Lipinski definition) is 2. The molecule has 0 fully saturated rings.